The van der Waals surface area contributed by atoms with Gasteiger partial charge in [0.15, 0.2) is 0 Å². The van der Waals surface area contributed by atoms with Crippen molar-refractivity contribution in [3.63, 3.8) is 0 Å². The van der Waals surface area contributed by atoms with Gasteiger partial charge < -0.3 is 14.2 Å². The molecule has 5 heteroatoms. The van der Waals surface area contributed by atoms with E-state index in [1.165, 1.54) is 22.3 Å². The minimum atomic E-state index is -0.0100. The van der Waals surface area contributed by atoms with E-state index in [-0.39, 0.29) is 5.41 Å². The monoisotopic (exact) mass is 510 g/mol. The first kappa shape index (κ1) is 22.0. The smallest absolute Gasteiger partial charge is 0.0701 e. The molecule has 1 aliphatic rings. The zero-order chi connectivity index (χ0) is 20.0. The highest BCUT2D eigenvalue weighted by molar-refractivity contribution is 9.10. The van der Waals surface area contributed by atoms with Crippen molar-refractivity contribution in [1.29, 1.82) is 0 Å². The fourth-order valence-corrected chi connectivity index (χ4v) is 4.96. The molecule has 0 atom stereocenters. The van der Waals surface area contributed by atoms with Gasteiger partial charge in [0.1, 0.15) is 0 Å². The zero-order valence-corrected chi connectivity index (χ0v) is 19.8. The standard InChI is InChI=1S/C23H28Br2O3/c1-3-8-23(9-10-27-13-14-28-12-11-26-2)21-15-17(24)4-6-19(21)20-7-5-18(25)16-22(20)23/h4-7,15-16H,3,8-14H2,1-2H3. The summed E-state index contributed by atoms with van der Waals surface area (Å²) in [4.78, 5) is 0. The maximum atomic E-state index is 5.95. The molecule has 2 aromatic carbocycles. The van der Waals surface area contributed by atoms with Gasteiger partial charge in [-0.15, -0.1) is 0 Å². The number of fused-ring (bicyclic) bond motifs is 3. The summed E-state index contributed by atoms with van der Waals surface area (Å²) in [5, 5.41) is 0. The first-order valence-corrected chi connectivity index (χ1v) is 11.5. The topological polar surface area (TPSA) is 27.7 Å². The van der Waals surface area contributed by atoms with Gasteiger partial charge >= 0.3 is 0 Å². The Bertz CT molecular complexity index is 740. The van der Waals surface area contributed by atoms with E-state index in [0.29, 0.717) is 33.0 Å². The molecule has 2 aromatic rings. The van der Waals surface area contributed by atoms with Crippen molar-refractivity contribution in [3.8, 4) is 11.1 Å². The van der Waals surface area contributed by atoms with Gasteiger partial charge in [-0.3, -0.25) is 0 Å². The van der Waals surface area contributed by atoms with E-state index in [4.69, 9.17) is 14.2 Å². The van der Waals surface area contributed by atoms with Gasteiger partial charge in [-0.2, -0.15) is 0 Å². The molecule has 3 nitrogen and oxygen atoms in total. The number of benzene rings is 2. The van der Waals surface area contributed by atoms with E-state index in [9.17, 15) is 0 Å². The molecule has 0 aliphatic heterocycles. The lowest BCUT2D eigenvalue weighted by atomic mass is 9.72. The Morgan fingerprint density at radius 3 is 1.82 bits per heavy atom. The van der Waals surface area contributed by atoms with Crippen LogP contribution in [-0.2, 0) is 19.6 Å². The summed E-state index contributed by atoms with van der Waals surface area (Å²) in [6, 6.07) is 13.4. The van der Waals surface area contributed by atoms with Gasteiger partial charge in [-0.1, -0.05) is 57.3 Å². The summed E-state index contributed by atoms with van der Waals surface area (Å²) in [7, 11) is 1.68. The molecule has 0 heterocycles. The Balaban J connectivity index is 1.79. The summed E-state index contributed by atoms with van der Waals surface area (Å²) in [5.41, 5.74) is 5.52. The largest absolute Gasteiger partial charge is 0.382 e. The van der Waals surface area contributed by atoms with Crippen molar-refractivity contribution in [1.82, 2.24) is 0 Å². The maximum absolute atomic E-state index is 5.95. The van der Waals surface area contributed by atoms with Gasteiger partial charge in [0.2, 0.25) is 0 Å². The number of ether oxygens (including phenoxy) is 3. The average molecular weight is 512 g/mol. The minimum Gasteiger partial charge on any atom is -0.382 e. The Kier molecular flexibility index (Phi) is 8.12. The van der Waals surface area contributed by atoms with Crippen LogP contribution in [-0.4, -0.2) is 40.1 Å². The van der Waals surface area contributed by atoms with Gasteiger partial charge in [-0.25, -0.2) is 0 Å². The first-order valence-electron chi connectivity index (χ1n) is 9.87. The number of rotatable bonds is 11. The molecule has 3 rings (SSSR count). The van der Waals surface area contributed by atoms with Crippen LogP contribution in [0.5, 0.6) is 0 Å². The second-order valence-corrected chi connectivity index (χ2v) is 9.01. The van der Waals surface area contributed by atoms with E-state index < -0.39 is 0 Å². The lowest BCUT2D eigenvalue weighted by molar-refractivity contribution is 0.0214. The number of hydrogen-bond donors (Lipinski definition) is 0. The van der Waals surface area contributed by atoms with E-state index in [0.717, 1.165) is 28.2 Å². The molecule has 0 bridgehead atoms. The molecule has 0 radical (unpaired) electrons. The molecule has 0 saturated heterocycles. The van der Waals surface area contributed by atoms with Crippen LogP contribution in [0.25, 0.3) is 11.1 Å². The Labute approximate surface area is 185 Å². The SMILES string of the molecule is CCCC1(CCOCCOCCOC)c2cc(Br)ccc2-c2ccc(Br)cc21. The predicted molar refractivity (Wildman–Crippen MR) is 121 cm³/mol. The Morgan fingerprint density at radius 2 is 1.29 bits per heavy atom. The van der Waals surface area contributed by atoms with Gasteiger partial charge in [0, 0.05) is 28.1 Å². The Morgan fingerprint density at radius 1 is 0.750 bits per heavy atom. The van der Waals surface area contributed by atoms with Crippen LogP contribution < -0.4 is 0 Å². The lowest BCUT2D eigenvalue weighted by Crippen LogP contribution is -2.27. The summed E-state index contributed by atoms with van der Waals surface area (Å²) in [5.74, 6) is 0. The summed E-state index contributed by atoms with van der Waals surface area (Å²) in [6.07, 6.45) is 3.19. The van der Waals surface area contributed by atoms with Crippen LogP contribution in [0.1, 0.15) is 37.3 Å². The highest BCUT2D eigenvalue weighted by Gasteiger charge is 2.42. The molecule has 0 saturated carbocycles. The molecule has 0 N–H and O–H groups in total. The van der Waals surface area contributed by atoms with Crippen LogP contribution in [0.4, 0.5) is 0 Å². The molecule has 28 heavy (non-hydrogen) atoms. The third-order valence-corrected chi connectivity index (χ3v) is 6.42. The molecule has 0 spiro atoms. The number of methoxy groups -OCH3 is 1. The second-order valence-electron chi connectivity index (χ2n) is 7.18. The summed E-state index contributed by atoms with van der Waals surface area (Å²) >= 11 is 7.37. The third-order valence-electron chi connectivity index (χ3n) is 5.44. The van der Waals surface area contributed by atoms with Crippen molar-refractivity contribution in [3.05, 3.63) is 56.5 Å². The normalized spacial score (nSPS) is 14.1. The van der Waals surface area contributed by atoms with Crippen LogP contribution >= 0.6 is 31.9 Å². The van der Waals surface area contributed by atoms with Crippen LogP contribution in [0, 0.1) is 0 Å². The van der Waals surface area contributed by atoms with Crippen LogP contribution in [0.3, 0.4) is 0 Å². The predicted octanol–water partition coefficient (Wildman–Crippen LogP) is 6.35. The third kappa shape index (κ3) is 4.71. The molecule has 152 valence electrons. The molecule has 0 amide bonds. The Hall–Kier alpha value is -0.720. The minimum absolute atomic E-state index is 0.0100. The fourth-order valence-electron chi connectivity index (χ4n) is 4.24. The fraction of sp³-hybridized carbons (Fsp3) is 0.478. The van der Waals surface area contributed by atoms with Crippen LogP contribution in [0.15, 0.2) is 45.3 Å². The molecule has 0 fully saturated rings. The molecule has 0 unspecified atom stereocenters. The van der Waals surface area contributed by atoms with E-state index in [2.05, 4.69) is 75.2 Å². The van der Waals surface area contributed by atoms with Crippen molar-refractivity contribution >= 4 is 31.9 Å². The second kappa shape index (κ2) is 10.4. The molecular weight excluding hydrogens is 484 g/mol. The van der Waals surface area contributed by atoms with E-state index in [1.54, 1.807) is 7.11 Å². The van der Waals surface area contributed by atoms with E-state index in [1.807, 2.05) is 0 Å². The number of hydrogen-bond acceptors (Lipinski definition) is 3. The average Bonchev–Trinajstić information content (AvgIpc) is 2.93. The van der Waals surface area contributed by atoms with Crippen molar-refractivity contribution in [2.45, 2.75) is 31.6 Å². The lowest BCUT2D eigenvalue weighted by Gasteiger charge is -2.32. The zero-order valence-electron chi connectivity index (χ0n) is 16.6. The molecule has 0 aromatic heterocycles. The quantitative estimate of drug-likeness (QED) is 0.329. The molecular formula is C23H28Br2O3. The van der Waals surface area contributed by atoms with Gasteiger partial charge in [0.25, 0.3) is 0 Å². The molecule has 1 aliphatic carbocycles. The number of halogens is 2. The summed E-state index contributed by atoms with van der Waals surface area (Å²) in [6.45, 7) is 5.43. The van der Waals surface area contributed by atoms with Crippen molar-refractivity contribution < 1.29 is 14.2 Å². The maximum Gasteiger partial charge on any atom is 0.0701 e. The van der Waals surface area contributed by atoms with Crippen molar-refractivity contribution in [2.75, 3.05) is 40.1 Å². The highest BCUT2D eigenvalue weighted by atomic mass is 79.9. The van der Waals surface area contributed by atoms with Crippen molar-refractivity contribution in [2.24, 2.45) is 0 Å². The highest BCUT2D eigenvalue weighted by Crippen LogP contribution is 2.54. The van der Waals surface area contributed by atoms with Crippen LogP contribution in [0.2, 0.25) is 0 Å². The summed E-state index contributed by atoms with van der Waals surface area (Å²) < 4.78 is 18.7. The van der Waals surface area contributed by atoms with Gasteiger partial charge in [0.05, 0.1) is 26.4 Å². The van der Waals surface area contributed by atoms with E-state index >= 15 is 0 Å². The van der Waals surface area contributed by atoms with Gasteiger partial charge in [-0.05, 0) is 59.4 Å². The first-order chi connectivity index (χ1) is 13.6.